The van der Waals surface area contributed by atoms with E-state index in [1.165, 1.54) is 12.8 Å². The molecule has 1 aromatic carbocycles. The van der Waals surface area contributed by atoms with Crippen molar-refractivity contribution in [2.45, 2.75) is 52.0 Å². The molecular formula is C21H32N2O2. The number of benzene rings is 1. The number of terminal acetylenes is 1. The molecule has 4 nitrogen and oxygen atoms in total. The highest BCUT2D eigenvalue weighted by Gasteiger charge is 2.13. The van der Waals surface area contributed by atoms with E-state index in [0.717, 1.165) is 31.4 Å². The van der Waals surface area contributed by atoms with Crippen LogP contribution in [0, 0.1) is 12.3 Å². The predicted octanol–water partition coefficient (Wildman–Crippen LogP) is 4.19. The number of hydrogen-bond acceptors (Lipinski definition) is 3. The topological polar surface area (TPSA) is 32.8 Å². The van der Waals surface area contributed by atoms with Gasteiger partial charge in [-0.15, -0.1) is 6.42 Å². The van der Waals surface area contributed by atoms with E-state index < -0.39 is 0 Å². The SMILES string of the molecule is C#CCN(C)[C@H](C)Cc1cccc(OC(=O)N(C)CCCCCC)c1. The van der Waals surface area contributed by atoms with Crippen LogP contribution in [0.2, 0.25) is 0 Å². The molecule has 0 aliphatic carbocycles. The van der Waals surface area contributed by atoms with Crippen LogP contribution >= 0.6 is 0 Å². The van der Waals surface area contributed by atoms with E-state index in [1.54, 1.807) is 11.9 Å². The summed E-state index contributed by atoms with van der Waals surface area (Å²) in [5, 5.41) is 0. The molecule has 0 fully saturated rings. The molecule has 25 heavy (non-hydrogen) atoms. The number of carbonyl (C=O) groups excluding carboxylic acids is 1. The van der Waals surface area contributed by atoms with Gasteiger partial charge in [0.05, 0.1) is 6.54 Å². The first-order valence-corrected chi connectivity index (χ1v) is 9.13. The molecule has 1 aromatic rings. The quantitative estimate of drug-likeness (QED) is 0.471. The van der Waals surface area contributed by atoms with Gasteiger partial charge in [-0.3, -0.25) is 4.90 Å². The van der Waals surface area contributed by atoms with Crippen molar-refractivity contribution < 1.29 is 9.53 Å². The molecule has 1 rings (SSSR count). The fraction of sp³-hybridized carbons (Fsp3) is 0.571. The Bertz CT molecular complexity index is 565. The lowest BCUT2D eigenvalue weighted by molar-refractivity contribution is 0.162. The zero-order valence-electron chi connectivity index (χ0n) is 16.1. The van der Waals surface area contributed by atoms with E-state index in [9.17, 15) is 4.79 Å². The molecule has 0 heterocycles. The maximum atomic E-state index is 12.2. The Labute approximate surface area is 153 Å². The predicted molar refractivity (Wildman–Crippen MR) is 104 cm³/mol. The monoisotopic (exact) mass is 344 g/mol. The Hall–Kier alpha value is -1.99. The summed E-state index contributed by atoms with van der Waals surface area (Å²) in [5.74, 6) is 3.25. The average Bonchev–Trinajstić information content (AvgIpc) is 2.59. The minimum absolute atomic E-state index is 0.300. The molecule has 138 valence electrons. The van der Waals surface area contributed by atoms with Crippen molar-refractivity contribution in [3.8, 4) is 18.1 Å². The zero-order chi connectivity index (χ0) is 18.7. The lowest BCUT2D eigenvalue weighted by atomic mass is 10.1. The van der Waals surface area contributed by atoms with Crippen molar-refractivity contribution in [2.24, 2.45) is 0 Å². The normalized spacial score (nSPS) is 11.8. The number of rotatable bonds is 10. The van der Waals surface area contributed by atoms with Crippen molar-refractivity contribution in [1.29, 1.82) is 0 Å². The minimum Gasteiger partial charge on any atom is -0.410 e. The third kappa shape index (κ3) is 8.09. The van der Waals surface area contributed by atoms with Gasteiger partial charge in [-0.25, -0.2) is 4.79 Å². The second-order valence-electron chi connectivity index (χ2n) is 6.67. The molecule has 0 N–H and O–H groups in total. The number of hydrogen-bond donors (Lipinski definition) is 0. The van der Waals surface area contributed by atoms with Gasteiger partial charge >= 0.3 is 6.09 Å². The molecular weight excluding hydrogens is 312 g/mol. The summed E-state index contributed by atoms with van der Waals surface area (Å²) in [6, 6.07) is 8.05. The van der Waals surface area contributed by atoms with Crippen molar-refractivity contribution >= 4 is 6.09 Å². The third-order valence-electron chi connectivity index (χ3n) is 4.39. The Morgan fingerprint density at radius 3 is 2.72 bits per heavy atom. The van der Waals surface area contributed by atoms with E-state index in [0.29, 0.717) is 18.3 Å². The van der Waals surface area contributed by atoms with Crippen LogP contribution in [0.5, 0.6) is 5.75 Å². The van der Waals surface area contributed by atoms with Crippen LogP contribution in [0.4, 0.5) is 4.79 Å². The second-order valence-corrected chi connectivity index (χ2v) is 6.67. The van der Waals surface area contributed by atoms with Gasteiger partial charge in [0, 0.05) is 19.6 Å². The van der Waals surface area contributed by atoms with Gasteiger partial charge in [0.15, 0.2) is 0 Å². The summed E-state index contributed by atoms with van der Waals surface area (Å²) in [6.45, 7) is 5.67. The van der Waals surface area contributed by atoms with Crippen LogP contribution in [-0.2, 0) is 6.42 Å². The summed E-state index contributed by atoms with van der Waals surface area (Å²) in [4.78, 5) is 15.9. The fourth-order valence-electron chi connectivity index (χ4n) is 2.58. The molecule has 0 aromatic heterocycles. The average molecular weight is 344 g/mol. The van der Waals surface area contributed by atoms with Crippen LogP contribution < -0.4 is 4.74 Å². The van der Waals surface area contributed by atoms with Gasteiger partial charge in [0.2, 0.25) is 0 Å². The molecule has 0 saturated heterocycles. The number of unbranched alkanes of at least 4 members (excludes halogenated alkanes) is 3. The first-order valence-electron chi connectivity index (χ1n) is 9.13. The maximum absolute atomic E-state index is 12.2. The van der Waals surface area contributed by atoms with Gasteiger partial charge in [-0.1, -0.05) is 44.2 Å². The maximum Gasteiger partial charge on any atom is 0.414 e. The molecule has 0 unspecified atom stereocenters. The molecule has 0 aliphatic rings. The number of nitrogens with zero attached hydrogens (tertiary/aromatic N) is 2. The lowest BCUT2D eigenvalue weighted by Crippen LogP contribution is -2.31. The number of carbonyl (C=O) groups is 1. The van der Waals surface area contributed by atoms with E-state index >= 15 is 0 Å². The van der Waals surface area contributed by atoms with Crippen LogP contribution in [-0.4, -0.2) is 49.1 Å². The van der Waals surface area contributed by atoms with Crippen molar-refractivity contribution in [3.05, 3.63) is 29.8 Å². The zero-order valence-corrected chi connectivity index (χ0v) is 16.1. The number of amides is 1. The van der Waals surface area contributed by atoms with Gasteiger partial charge in [-0.2, -0.15) is 0 Å². The molecule has 0 saturated carbocycles. The van der Waals surface area contributed by atoms with Crippen LogP contribution in [0.25, 0.3) is 0 Å². The molecule has 0 spiro atoms. The number of likely N-dealkylation sites (N-methyl/N-ethyl adjacent to an activating group) is 1. The first-order chi connectivity index (χ1) is 12.0. The van der Waals surface area contributed by atoms with Gasteiger partial charge in [-0.05, 0) is 44.5 Å². The summed E-state index contributed by atoms with van der Waals surface area (Å²) in [5.41, 5.74) is 1.13. The van der Waals surface area contributed by atoms with E-state index in [2.05, 4.69) is 24.7 Å². The van der Waals surface area contributed by atoms with Crippen LogP contribution in [0.1, 0.15) is 45.1 Å². The highest BCUT2D eigenvalue weighted by molar-refractivity contribution is 5.70. The third-order valence-corrected chi connectivity index (χ3v) is 4.39. The smallest absolute Gasteiger partial charge is 0.410 e. The Balaban J connectivity index is 2.54. The van der Waals surface area contributed by atoms with Crippen LogP contribution in [0.3, 0.4) is 0 Å². The summed E-state index contributed by atoms with van der Waals surface area (Å²) in [6.07, 6.45) is 10.5. The van der Waals surface area contributed by atoms with E-state index in [-0.39, 0.29) is 6.09 Å². The van der Waals surface area contributed by atoms with Gasteiger partial charge in [0.25, 0.3) is 0 Å². The van der Waals surface area contributed by atoms with Crippen LogP contribution in [0.15, 0.2) is 24.3 Å². The molecule has 0 aliphatic heterocycles. The van der Waals surface area contributed by atoms with Gasteiger partial charge in [0.1, 0.15) is 5.75 Å². The fourth-order valence-corrected chi connectivity index (χ4v) is 2.58. The molecule has 0 radical (unpaired) electrons. The highest BCUT2D eigenvalue weighted by atomic mass is 16.6. The highest BCUT2D eigenvalue weighted by Crippen LogP contribution is 2.17. The molecule has 4 heteroatoms. The van der Waals surface area contributed by atoms with Gasteiger partial charge < -0.3 is 9.64 Å². The first kappa shape index (κ1) is 21.1. The van der Waals surface area contributed by atoms with Crippen molar-refractivity contribution in [1.82, 2.24) is 9.80 Å². The largest absolute Gasteiger partial charge is 0.414 e. The molecule has 0 bridgehead atoms. The Morgan fingerprint density at radius 2 is 2.04 bits per heavy atom. The summed E-state index contributed by atoms with van der Waals surface area (Å²) < 4.78 is 5.50. The Morgan fingerprint density at radius 1 is 1.28 bits per heavy atom. The summed E-state index contributed by atoms with van der Waals surface area (Å²) >= 11 is 0. The molecule has 1 amide bonds. The van der Waals surface area contributed by atoms with Crippen molar-refractivity contribution in [2.75, 3.05) is 27.2 Å². The molecule has 1 atom stereocenters. The van der Waals surface area contributed by atoms with Crippen molar-refractivity contribution in [3.63, 3.8) is 0 Å². The minimum atomic E-state index is -0.300. The number of ether oxygens (including phenoxy) is 1. The summed E-state index contributed by atoms with van der Waals surface area (Å²) in [7, 11) is 3.80. The Kier molecular flexibility index (Phi) is 9.72. The second kappa shape index (κ2) is 11.5. The van der Waals surface area contributed by atoms with E-state index in [4.69, 9.17) is 11.2 Å². The van der Waals surface area contributed by atoms with E-state index in [1.807, 2.05) is 31.3 Å². The standard InChI is InChI=1S/C21H32N2O2/c1-6-8-9-10-15-23(5)21(24)25-20-13-11-12-19(17-20)16-18(3)22(4)14-7-2/h2,11-13,17-18H,6,8-10,14-16H2,1,3-5H3/t18-/m1/s1. The lowest BCUT2D eigenvalue weighted by Gasteiger charge is -2.22.